The largest absolute Gasteiger partial charge is 0.480 e. The maximum absolute atomic E-state index is 10.6. The van der Waals surface area contributed by atoms with Crippen LogP contribution in [0, 0.1) is 0 Å². The minimum Gasteiger partial charge on any atom is -0.480 e. The fraction of sp³-hybridized carbons (Fsp3) is 0.600. The number of rotatable bonds is 33. The summed E-state index contributed by atoms with van der Waals surface area (Å²) in [6, 6.07) is 0. The van der Waals surface area contributed by atoms with Crippen LogP contribution in [0.15, 0.2) is 0 Å². The summed E-state index contributed by atoms with van der Waals surface area (Å²) in [4.78, 5) is 133. The van der Waals surface area contributed by atoms with Crippen LogP contribution >= 0.6 is 0 Å². The third-order valence-electron chi connectivity index (χ3n) is 6.50. The van der Waals surface area contributed by atoms with Crippen LogP contribution in [0.3, 0.4) is 0 Å². The van der Waals surface area contributed by atoms with E-state index in [-0.39, 0.29) is 108 Å². The summed E-state index contributed by atoms with van der Waals surface area (Å²) in [5.41, 5.74) is 0. The Labute approximate surface area is 404 Å². The summed E-state index contributed by atoms with van der Waals surface area (Å²) in [7, 11) is 0. The van der Waals surface area contributed by atoms with Crippen LogP contribution in [-0.2, 0) is 126 Å². The minimum atomic E-state index is -1.23. The molecule has 0 fully saturated rings. The molecular formula is C30H48Fe4N6O24. The van der Waals surface area contributed by atoms with Crippen molar-refractivity contribution in [2.24, 2.45) is 0 Å². The van der Waals surface area contributed by atoms with Gasteiger partial charge in [-0.05, 0) is 0 Å². The van der Waals surface area contributed by atoms with Gasteiger partial charge in [-0.15, -0.1) is 0 Å². The van der Waals surface area contributed by atoms with E-state index in [2.05, 4.69) is 0 Å². The van der Waals surface area contributed by atoms with Crippen LogP contribution in [0.5, 0.6) is 0 Å². The first-order valence-corrected chi connectivity index (χ1v) is 16.6. The van der Waals surface area contributed by atoms with E-state index in [9.17, 15) is 57.5 Å². The van der Waals surface area contributed by atoms with E-state index in [4.69, 9.17) is 61.3 Å². The first-order valence-electron chi connectivity index (χ1n) is 16.6. The van der Waals surface area contributed by atoms with Crippen molar-refractivity contribution in [1.82, 2.24) is 29.4 Å². The van der Waals surface area contributed by atoms with E-state index in [1.807, 2.05) is 0 Å². The van der Waals surface area contributed by atoms with Crippen LogP contribution in [0.2, 0.25) is 0 Å². The number of nitrogens with zero attached hydrogens (tertiary/aromatic N) is 6. The number of aliphatic carboxylic acids is 12. The maximum Gasteiger partial charge on any atom is 0.317 e. The Balaban J connectivity index is -0.000000148. The molecule has 0 aliphatic carbocycles. The molecule has 0 rings (SSSR count). The van der Waals surface area contributed by atoms with Crippen molar-refractivity contribution in [3.05, 3.63) is 0 Å². The summed E-state index contributed by atoms with van der Waals surface area (Å²) in [5, 5.41) is 103. The second kappa shape index (κ2) is 42.4. The molecule has 0 aromatic heterocycles. The number of hydrogen-bond acceptors (Lipinski definition) is 18. The van der Waals surface area contributed by atoms with Crippen molar-refractivity contribution in [1.29, 1.82) is 0 Å². The molecule has 0 amide bonds. The Morgan fingerprint density at radius 3 is 0.297 bits per heavy atom. The number of carboxylic acid groups (broad SMARTS) is 12. The Bertz CT molecular complexity index is 1140. The van der Waals surface area contributed by atoms with Crippen molar-refractivity contribution in [3.63, 3.8) is 0 Å². The van der Waals surface area contributed by atoms with Crippen molar-refractivity contribution in [2.45, 2.75) is 0 Å². The summed E-state index contributed by atoms with van der Waals surface area (Å²) in [5.74, 6) is -14.7. The van der Waals surface area contributed by atoms with Crippen molar-refractivity contribution in [2.75, 3.05) is 118 Å². The summed E-state index contributed by atoms with van der Waals surface area (Å²) in [6.45, 7) is -6.75. The Morgan fingerprint density at radius 2 is 0.250 bits per heavy atom. The van der Waals surface area contributed by atoms with E-state index in [1.165, 1.54) is 0 Å². The molecule has 34 heteroatoms. The zero-order valence-corrected chi connectivity index (χ0v) is 37.5. The van der Waals surface area contributed by atoms with E-state index < -0.39 is 150 Å². The van der Waals surface area contributed by atoms with E-state index in [0.29, 0.717) is 0 Å². The Hall–Kier alpha value is -4.52. The predicted octanol–water partition coefficient (Wildman–Crippen LogP) is -6.22. The van der Waals surface area contributed by atoms with Crippen LogP contribution in [0.4, 0.5) is 0 Å². The molecule has 0 aromatic rings. The minimum absolute atomic E-state index is 0. The molecule has 0 aliphatic rings. The fourth-order valence-corrected chi connectivity index (χ4v) is 4.43. The molecule has 374 valence electrons. The van der Waals surface area contributed by atoms with E-state index >= 15 is 0 Å². The van der Waals surface area contributed by atoms with Crippen LogP contribution in [-0.4, -0.2) is 280 Å². The molecule has 0 heterocycles. The van der Waals surface area contributed by atoms with Gasteiger partial charge in [-0.2, -0.15) is 0 Å². The molecule has 0 spiro atoms. The van der Waals surface area contributed by atoms with E-state index in [1.54, 1.807) is 0 Å². The molecule has 0 aromatic carbocycles. The quantitative estimate of drug-likeness (QED) is 0.0272. The molecule has 64 heavy (non-hydrogen) atoms. The first kappa shape index (κ1) is 73.9. The molecule has 12 N–H and O–H groups in total. The van der Waals surface area contributed by atoms with Gasteiger partial charge in [0.2, 0.25) is 0 Å². The van der Waals surface area contributed by atoms with Gasteiger partial charge in [0, 0.05) is 108 Å². The van der Waals surface area contributed by atoms with Gasteiger partial charge in [-0.1, -0.05) is 0 Å². The van der Waals surface area contributed by atoms with Gasteiger partial charge in [0.05, 0.1) is 78.5 Å². The van der Waals surface area contributed by atoms with Gasteiger partial charge in [0.15, 0.2) is 0 Å². The molecule has 0 unspecified atom stereocenters. The predicted molar refractivity (Wildman–Crippen MR) is 190 cm³/mol. The van der Waals surface area contributed by atoms with Gasteiger partial charge in [-0.25, -0.2) is 0 Å². The molecule has 0 radical (unpaired) electrons. The zero-order valence-electron chi connectivity index (χ0n) is 33.1. The Morgan fingerprint density at radius 1 is 0.188 bits per heavy atom. The standard InChI is InChI=1S/3C10H16N2O8.4Fe/c3*13-7(14)3-11(4-8(15)16)1-2-12(5-9(17)18)6-10(19)20;;;;/h3*1-6H2,(H,13,14)(H,15,16)(H,17,18)(H,19,20);;;;. The molecule has 0 aliphatic heterocycles. The average Bonchev–Trinajstić information content (AvgIpc) is 3.02. The molecule has 0 bridgehead atoms. The Kier molecular flexibility index (Phi) is 49.0. The second-order valence-corrected chi connectivity index (χ2v) is 12.0. The third kappa shape index (κ3) is 53.6. The van der Waals surface area contributed by atoms with Crippen LogP contribution in [0.1, 0.15) is 0 Å². The monoisotopic (exact) mass is 1100 g/mol. The van der Waals surface area contributed by atoms with Gasteiger partial charge in [0.25, 0.3) is 0 Å². The maximum atomic E-state index is 10.6. The molecule has 0 atom stereocenters. The van der Waals surface area contributed by atoms with Gasteiger partial charge in [0.1, 0.15) is 0 Å². The summed E-state index contributed by atoms with van der Waals surface area (Å²) in [6.07, 6.45) is 0. The molecule has 0 saturated carbocycles. The summed E-state index contributed by atoms with van der Waals surface area (Å²) < 4.78 is 0. The number of carboxylic acids is 12. The second-order valence-electron chi connectivity index (χ2n) is 12.0. The SMILES string of the molecule is O=C(O)CN(CCN(CC(=O)O)CC(=O)O)CC(=O)O.O=C(O)CN(CCN(CC(=O)O)CC(=O)O)CC(=O)O.O=C(O)CN(CCN(CC(=O)O)CC(=O)O)CC(=O)O.[Fe].[Fe].[Fe].[Fe]. The smallest absolute Gasteiger partial charge is 0.317 e. The summed E-state index contributed by atoms with van der Waals surface area (Å²) >= 11 is 0. The van der Waals surface area contributed by atoms with E-state index in [0.717, 1.165) is 29.4 Å². The van der Waals surface area contributed by atoms with Gasteiger partial charge >= 0.3 is 71.6 Å². The zero-order chi connectivity index (χ0) is 47.1. The van der Waals surface area contributed by atoms with Crippen molar-refractivity contribution in [3.8, 4) is 0 Å². The van der Waals surface area contributed by atoms with Gasteiger partial charge < -0.3 is 61.3 Å². The topological polar surface area (TPSA) is 467 Å². The molecule has 30 nitrogen and oxygen atoms in total. The van der Waals surface area contributed by atoms with Crippen molar-refractivity contribution < 1.29 is 187 Å². The van der Waals surface area contributed by atoms with Crippen LogP contribution in [0.25, 0.3) is 0 Å². The number of hydrogen-bond donors (Lipinski definition) is 12. The normalized spacial score (nSPS) is 10.0. The fourth-order valence-electron chi connectivity index (χ4n) is 4.43. The molecular weight excluding hydrogens is 1050 g/mol. The van der Waals surface area contributed by atoms with Gasteiger partial charge in [-0.3, -0.25) is 86.9 Å². The third-order valence-corrected chi connectivity index (χ3v) is 6.50. The van der Waals surface area contributed by atoms with Crippen molar-refractivity contribution >= 4 is 71.6 Å². The molecule has 0 saturated heterocycles. The van der Waals surface area contributed by atoms with Crippen LogP contribution < -0.4 is 0 Å². The number of carbonyl (C=O) groups is 12. The average molecular weight is 1100 g/mol. The first-order chi connectivity index (χ1) is 27.6.